The number of aromatic nitrogens is 1. The second kappa shape index (κ2) is 9.92. The Morgan fingerprint density at radius 3 is 2.71 bits per heavy atom. The number of piperidine rings is 1. The van der Waals surface area contributed by atoms with Crippen molar-refractivity contribution in [2.24, 2.45) is 5.92 Å². The highest BCUT2D eigenvalue weighted by Crippen LogP contribution is 2.22. The largest absolute Gasteiger partial charge is 0.491 e. The first-order valence-electron chi connectivity index (χ1n) is 11.0. The molecule has 164 valence electrons. The number of aryl methyl sites for hydroxylation is 1. The molecule has 1 aromatic heterocycles. The zero-order valence-corrected chi connectivity index (χ0v) is 17.9. The summed E-state index contributed by atoms with van der Waals surface area (Å²) in [4.78, 5) is 31.6. The monoisotopic (exact) mass is 423 g/mol. The molecule has 7 nitrogen and oxygen atoms in total. The van der Waals surface area contributed by atoms with E-state index in [4.69, 9.17) is 9.47 Å². The predicted molar refractivity (Wildman–Crippen MR) is 117 cm³/mol. The Kier molecular flexibility index (Phi) is 6.82. The van der Waals surface area contributed by atoms with Gasteiger partial charge in [-0.25, -0.2) is 4.98 Å². The molecule has 0 bridgehead atoms. The van der Waals surface area contributed by atoms with Crippen molar-refractivity contribution in [2.75, 3.05) is 31.6 Å². The molecule has 1 aromatic carbocycles. The normalized spacial score (nSPS) is 21.0. The molecule has 3 heterocycles. The molecule has 2 unspecified atom stereocenters. The van der Waals surface area contributed by atoms with Crippen LogP contribution >= 0.6 is 0 Å². The van der Waals surface area contributed by atoms with Crippen LogP contribution < -0.4 is 10.1 Å². The van der Waals surface area contributed by atoms with Gasteiger partial charge in [0, 0.05) is 31.5 Å². The van der Waals surface area contributed by atoms with E-state index < -0.39 is 0 Å². The van der Waals surface area contributed by atoms with Crippen molar-refractivity contribution in [2.45, 2.75) is 38.7 Å². The molecule has 2 saturated heterocycles. The van der Waals surface area contributed by atoms with E-state index in [1.54, 1.807) is 29.3 Å². The van der Waals surface area contributed by atoms with Gasteiger partial charge >= 0.3 is 0 Å². The fourth-order valence-electron chi connectivity index (χ4n) is 3.99. The zero-order chi connectivity index (χ0) is 21.6. The average molecular weight is 424 g/mol. The first-order chi connectivity index (χ1) is 15.1. The second-order valence-corrected chi connectivity index (χ2v) is 8.27. The van der Waals surface area contributed by atoms with Crippen LogP contribution in [0.2, 0.25) is 0 Å². The zero-order valence-electron chi connectivity index (χ0n) is 17.9. The van der Waals surface area contributed by atoms with Crippen molar-refractivity contribution in [3.63, 3.8) is 0 Å². The van der Waals surface area contributed by atoms with Crippen LogP contribution in [0.4, 0.5) is 5.82 Å². The average Bonchev–Trinajstić information content (AvgIpc) is 3.33. The molecular formula is C24H29N3O4. The lowest BCUT2D eigenvalue weighted by molar-refractivity contribution is -0.121. The molecule has 0 radical (unpaired) electrons. The summed E-state index contributed by atoms with van der Waals surface area (Å²) < 4.78 is 11.3. The highest BCUT2D eigenvalue weighted by atomic mass is 16.5. The van der Waals surface area contributed by atoms with Crippen LogP contribution in [0.25, 0.3) is 0 Å². The predicted octanol–water partition coefficient (Wildman–Crippen LogP) is 3.44. The molecule has 0 spiro atoms. The quantitative estimate of drug-likeness (QED) is 0.770. The minimum absolute atomic E-state index is 0.0587. The van der Waals surface area contributed by atoms with Gasteiger partial charge in [-0.15, -0.1) is 0 Å². The Hall–Kier alpha value is -2.93. The summed E-state index contributed by atoms with van der Waals surface area (Å²) >= 11 is 0. The number of amides is 2. The van der Waals surface area contributed by atoms with Gasteiger partial charge in [0.2, 0.25) is 5.91 Å². The van der Waals surface area contributed by atoms with E-state index in [0.717, 1.165) is 43.6 Å². The number of nitrogens with zero attached hydrogens (tertiary/aromatic N) is 2. The Balaban J connectivity index is 1.31. The Morgan fingerprint density at radius 2 is 2.00 bits per heavy atom. The van der Waals surface area contributed by atoms with Gasteiger partial charge in [0.15, 0.2) is 0 Å². The van der Waals surface area contributed by atoms with Gasteiger partial charge in [0.1, 0.15) is 18.2 Å². The van der Waals surface area contributed by atoms with Crippen molar-refractivity contribution in [3.05, 3.63) is 53.7 Å². The van der Waals surface area contributed by atoms with Gasteiger partial charge < -0.3 is 19.7 Å². The molecule has 4 rings (SSSR count). The minimum Gasteiger partial charge on any atom is -0.491 e. The molecule has 2 atom stereocenters. The molecule has 2 fully saturated rings. The maximum Gasteiger partial charge on any atom is 0.253 e. The molecule has 31 heavy (non-hydrogen) atoms. The third kappa shape index (κ3) is 5.61. The van der Waals surface area contributed by atoms with Crippen LogP contribution in [0.5, 0.6) is 5.75 Å². The summed E-state index contributed by atoms with van der Waals surface area (Å²) in [5.74, 6) is 0.879. The Labute approximate surface area is 182 Å². The number of pyridine rings is 1. The minimum atomic E-state index is -0.241. The van der Waals surface area contributed by atoms with Crippen LogP contribution in [0.1, 0.15) is 41.6 Å². The highest BCUT2D eigenvalue weighted by molar-refractivity contribution is 5.96. The number of carbonyl (C=O) groups is 2. The molecule has 7 heteroatoms. The lowest BCUT2D eigenvalue weighted by Gasteiger charge is -2.32. The molecule has 0 saturated carbocycles. The Bertz CT molecular complexity index is 892. The molecule has 1 N–H and O–H groups in total. The van der Waals surface area contributed by atoms with Gasteiger partial charge in [0.25, 0.3) is 5.91 Å². The first-order valence-corrected chi connectivity index (χ1v) is 11.0. The maximum atomic E-state index is 13.0. The van der Waals surface area contributed by atoms with E-state index in [1.807, 2.05) is 25.1 Å². The van der Waals surface area contributed by atoms with Crippen LogP contribution in [0.3, 0.4) is 0 Å². The summed E-state index contributed by atoms with van der Waals surface area (Å²) in [5.41, 5.74) is 1.64. The van der Waals surface area contributed by atoms with E-state index in [0.29, 0.717) is 31.1 Å². The number of rotatable bonds is 6. The number of carbonyl (C=O) groups excluding carboxylic acids is 2. The van der Waals surface area contributed by atoms with E-state index >= 15 is 0 Å². The molecule has 0 aliphatic carbocycles. The summed E-state index contributed by atoms with van der Waals surface area (Å²) in [7, 11) is 0. The van der Waals surface area contributed by atoms with E-state index in [1.165, 1.54) is 0 Å². The topological polar surface area (TPSA) is 80.8 Å². The van der Waals surface area contributed by atoms with Crippen molar-refractivity contribution in [3.8, 4) is 5.75 Å². The maximum absolute atomic E-state index is 13.0. The Morgan fingerprint density at radius 1 is 1.16 bits per heavy atom. The third-order valence-electron chi connectivity index (χ3n) is 5.80. The highest BCUT2D eigenvalue weighted by Gasteiger charge is 2.29. The van der Waals surface area contributed by atoms with Crippen molar-refractivity contribution < 1.29 is 19.1 Å². The summed E-state index contributed by atoms with van der Waals surface area (Å²) in [6, 6.07) is 10.9. The smallest absolute Gasteiger partial charge is 0.253 e. The van der Waals surface area contributed by atoms with Gasteiger partial charge in [-0.3, -0.25) is 9.59 Å². The van der Waals surface area contributed by atoms with Crippen molar-refractivity contribution in [1.82, 2.24) is 9.88 Å². The van der Waals surface area contributed by atoms with Crippen LogP contribution in [-0.4, -0.2) is 54.1 Å². The molecule has 2 aliphatic heterocycles. The van der Waals surface area contributed by atoms with Crippen molar-refractivity contribution in [1.29, 1.82) is 0 Å². The number of hydrogen-bond acceptors (Lipinski definition) is 5. The van der Waals surface area contributed by atoms with Crippen LogP contribution in [0.15, 0.2) is 42.6 Å². The van der Waals surface area contributed by atoms with E-state index in [9.17, 15) is 9.59 Å². The lowest BCUT2D eigenvalue weighted by atomic mass is 9.96. The van der Waals surface area contributed by atoms with Gasteiger partial charge in [-0.2, -0.15) is 0 Å². The second-order valence-electron chi connectivity index (χ2n) is 8.27. The molecule has 2 aromatic rings. The molecule has 2 amide bonds. The van der Waals surface area contributed by atoms with Gasteiger partial charge in [-0.05, 0) is 68.5 Å². The van der Waals surface area contributed by atoms with Gasteiger partial charge in [0.05, 0.1) is 12.0 Å². The number of benzene rings is 1. The standard InChI is InChI=1S/C24H29N3O4/c1-17-6-11-22(25-14-17)26-23(28)19-4-2-12-27(15-19)24(29)18-7-9-20(10-8-18)31-16-21-5-3-13-30-21/h6-11,14,19,21H,2-5,12-13,15-16H2,1H3,(H,25,26,28). The summed E-state index contributed by atoms with van der Waals surface area (Å²) in [6.45, 7) is 4.35. The summed E-state index contributed by atoms with van der Waals surface area (Å²) in [6.07, 6.45) is 5.55. The fourth-order valence-corrected chi connectivity index (χ4v) is 3.99. The molecular weight excluding hydrogens is 394 g/mol. The third-order valence-corrected chi connectivity index (χ3v) is 5.80. The molecule has 2 aliphatic rings. The van der Waals surface area contributed by atoms with Crippen molar-refractivity contribution >= 4 is 17.6 Å². The number of hydrogen-bond donors (Lipinski definition) is 1. The van der Waals surface area contributed by atoms with E-state index in [-0.39, 0.29) is 23.8 Å². The number of anilines is 1. The van der Waals surface area contributed by atoms with Gasteiger partial charge in [-0.1, -0.05) is 6.07 Å². The van der Waals surface area contributed by atoms with Crippen LogP contribution in [0, 0.1) is 12.8 Å². The van der Waals surface area contributed by atoms with E-state index in [2.05, 4.69) is 10.3 Å². The first kappa shape index (κ1) is 21.3. The SMILES string of the molecule is Cc1ccc(NC(=O)C2CCCN(C(=O)c3ccc(OCC4CCCO4)cc3)C2)nc1. The fraction of sp³-hybridized carbons (Fsp3) is 0.458. The lowest BCUT2D eigenvalue weighted by Crippen LogP contribution is -2.43. The van der Waals surface area contributed by atoms with Crippen LogP contribution in [-0.2, 0) is 9.53 Å². The number of nitrogens with one attached hydrogen (secondary N) is 1. The number of ether oxygens (including phenoxy) is 2. The summed E-state index contributed by atoms with van der Waals surface area (Å²) in [5, 5.41) is 2.87. The number of likely N-dealkylation sites (tertiary alicyclic amines) is 1.